The largest absolute Gasteiger partial charge is 0.310 e. The third-order valence-electron chi connectivity index (χ3n) is 12.4. The van der Waals surface area contributed by atoms with Gasteiger partial charge in [-0.25, -0.2) is 0 Å². The fraction of sp³-hybridized carbons (Fsp3) is 0.0526. The summed E-state index contributed by atoms with van der Waals surface area (Å²) < 4.78 is 0. The summed E-state index contributed by atoms with van der Waals surface area (Å²) in [6.45, 7) is 4.72. The molecule has 0 aromatic heterocycles. The molecular weight excluding hydrogens is 699 g/mol. The van der Waals surface area contributed by atoms with E-state index in [9.17, 15) is 0 Å². The second kappa shape index (κ2) is 13.5. The number of nitrogens with zero attached hydrogens (tertiary/aromatic N) is 1. The molecule has 1 heteroatoms. The lowest BCUT2D eigenvalue weighted by Gasteiger charge is -2.28. The van der Waals surface area contributed by atoms with Gasteiger partial charge >= 0.3 is 0 Å². The first-order valence-corrected chi connectivity index (χ1v) is 20.3. The van der Waals surface area contributed by atoms with Gasteiger partial charge in [-0.2, -0.15) is 0 Å². The van der Waals surface area contributed by atoms with Crippen LogP contribution in [0.25, 0.3) is 76.8 Å². The summed E-state index contributed by atoms with van der Waals surface area (Å²) in [5, 5.41) is 7.48. The number of hydrogen-bond donors (Lipinski definition) is 0. The molecule has 0 heterocycles. The molecule has 0 N–H and O–H groups in total. The normalized spacial score (nSPS) is 12.8. The van der Waals surface area contributed by atoms with Crippen molar-refractivity contribution in [1.82, 2.24) is 0 Å². The van der Waals surface area contributed by atoms with Gasteiger partial charge in [-0.15, -0.1) is 0 Å². The first-order chi connectivity index (χ1) is 28.5. The van der Waals surface area contributed by atoms with Crippen LogP contribution >= 0.6 is 0 Å². The maximum Gasteiger partial charge on any atom is 0.0540 e. The minimum Gasteiger partial charge on any atom is -0.310 e. The van der Waals surface area contributed by atoms with Gasteiger partial charge in [-0.05, 0) is 125 Å². The Morgan fingerprint density at radius 2 is 0.914 bits per heavy atom. The highest BCUT2D eigenvalue weighted by Crippen LogP contribution is 2.51. The fourth-order valence-corrected chi connectivity index (χ4v) is 9.60. The van der Waals surface area contributed by atoms with Crippen molar-refractivity contribution in [3.63, 3.8) is 0 Å². The van der Waals surface area contributed by atoms with Crippen LogP contribution < -0.4 is 4.90 Å². The Morgan fingerprint density at radius 3 is 1.74 bits per heavy atom. The zero-order chi connectivity index (χ0) is 38.8. The molecule has 1 aliphatic rings. The molecule has 11 rings (SSSR count). The summed E-state index contributed by atoms with van der Waals surface area (Å²) in [4.78, 5) is 2.46. The summed E-state index contributed by atoms with van der Waals surface area (Å²) in [7, 11) is 0. The van der Waals surface area contributed by atoms with Crippen molar-refractivity contribution in [3.8, 4) is 44.5 Å². The first kappa shape index (κ1) is 34.1. The van der Waals surface area contributed by atoms with Crippen molar-refractivity contribution in [2.24, 2.45) is 0 Å². The number of rotatable bonds is 6. The molecule has 0 bridgehead atoms. The van der Waals surface area contributed by atoms with Gasteiger partial charge in [0.2, 0.25) is 0 Å². The van der Waals surface area contributed by atoms with Crippen molar-refractivity contribution in [2.45, 2.75) is 19.3 Å². The quantitative estimate of drug-likeness (QED) is 0.164. The van der Waals surface area contributed by atoms with E-state index in [-0.39, 0.29) is 5.41 Å². The molecule has 0 radical (unpaired) electrons. The molecule has 0 saturated carbocycles. The molecule has 0 aliphatic heterocycles. The van der Waals surface area contributed by atoms with E-state index >= 15 is 0 Å². The Labute approximate surface area is 340 Å². The van der Waals surface area contributed by atoms with E-state index in [0.29, 0.717) is 0 Å². The molecule has 1 aliphatic carbocycles. The summed E-state index contributed by atoms with van der Waals surface area (Å²) in [6.07, 6.45) is 0. The Morgan fingerprint density at radius 1 is 0.328 bits per heavy atom. The Bertz CT molecular complexity index is 3180. The molecule has 0 fully saturated rings. The lowest BCUT2D eigenvalue weighted by Crippen LogP contribution is -2.15. The van der Waals surface area contributed by atoms with Gasteiger partial charge in [-0.1, -0.05) is 184 Å². The van der Waals surface area contributed by atoms with Crippen molar-refractivity contribution in [3.05, 3.63) is 223 Å². The topological polar surface area (TPSA) is 3.24 Å². The average Bonchev–Trinajstić information content (AvgIpc) is 3.50. The number of anilines is 3. The fourth-order valence-electron chi connectivity index (χ4n) is 9.60. The zero-order valence-corrected chi connectivity index (χ0v) is 32.7. The van der Waals surface area contributed by atoms with Crippen LogP contribution in [0.1, 0.15) is 25.0 Å². The first-order valence-electron chi connectivity index (χ1n) is 20.3. The van der Waals surface area contributed by atoms with Crippen LogP contribution in [-0.2, 0) is 5.41 Å². The highest BCUT2D eigenvalue weighted by Gasteiger charge is 2.35. The number of benzene rings is 10. The van der Waals surface area contributed by atoms with Gasteiger partial charge in [0.15, 0.2) is 0 Å². The summed E-state index contributed by atoms with van der Waals surface area (Å²) in [6, 6.07) is 78.2. The predicted octanol–water partition coefficient (Wildman–Crippen LogP) is 15.9. The highest BCUT2D eigenvalue weighted by atomic mass is 15.1. The van der Waals surface area contributed by atoms with Crippen LogP contribution in [0.15, 0.2) is 212 Å². The maximum absolute atomic E-state index is 2.46. The second-order valence-electron chi connectivity index (χ2n) is 16.1. The molecule has 0 saturated heterocycles. The Balaban J connectivity index is 1.12. The molecule has 10 aromatic rings. The van der Waals surface area contributed by atoms with Gasteiger partial charge in [-0.3, -0.25) is 0 Å². The van der Waals surface area contributed by atoms with Crippen molar-refractivity contribution in [1.29, 1.82) is 0 Å². The average molecular weight is 740 g/mol. The maximum atomic E-state index is 2.46. The van der Waals surface area contributed by atoms with E-state index in [0.717, 1.165) is 17.1 Å². The molecule has 0 unspecified atom stereocenters. The molecule has 274 valence electrons. The van der Waals surface area contributed by atoms with Crippen molar-refractivity contribution < 1.29 is 0 Å². The van der Waals surface area contributed by atoms with E-state index < -0.39 is 0 Å². The van der Waals surface area contributed by atoms with Gasteiger partial charge in [0.05, 0.1) is 5.69 Å². The summed E-state index contributed by atoms with van der Waals surface area (Å²) in [5.74, 6) is 0. The van der Waals surface area contributed by atoms with E-state index in [4.69, 9.17) is 0 Å². The Hall–Kier alpha value is -7.22. The lowest BCUT2D eigenvalue weighted by atomic mass is 9.82. The standard InChI is InChI=1S/C57H41N/c1-57(2)53-29-9-8-25-50(53)52-37-51-43(36-54(52)57)22-14-30-55(51)58(44-33-31-40(32-34-44)47-26-11-18-38-17-6-7-24-46(38)47)45-23-10-21-42(35-45)49-28-13-20-41-19-12-27-48(56(41)49)39-15-4-3-5-16-39/h3-37H,1-2H3. The van der Waals surface area contributed by atoms with Gasteiger partial charge in [0, 0.05) is 22.2 Å². The molecule has 10 aromatic carbocycles. The molecule has 0 atom stereocenters. The number of hydrogen-bond acceptors (Lipinski definition) is 1. The smallest absolute Gasteiger partial charge is 0.0540 e. The molecule has 58 heavy (non-hydrogen) atoms. The van der Waals surface area contributed by atoms with Gasteiger partial charge in [0.1, 0.15) is 0 Å². The van der Waals surface area contributed by atoms with Crippen LogP contribution in [-0.4, -0.2) is 0 Å². The third kappa shape index (κ3) is 5.46. The van der Waals surface area contributed by atoms with Crippen LogP contribution in [0.4, 0.5) is 17.1 Å². The zero-order valence-electron chi connectivity index (χ0n) is 32.7. The van der Waals surface area contributed by atoms with E-state index in [1.807, 2.05) is 0 Å². The van der Waals surface area contributed by atoms with Crippen molar-refractivity contribution >= 4 is 49.4 Å². The van der Waals surface area contributed by atoms with Gasteiger partial charge in [0.25, 0.3) is 0 Å². The SMILES string of the molecule is CC1(C)c2ccccc2-c2cc3c(N(c4ccc(-c5cccc6ccccc56)cc4)c4cccc(-c5cccc6cccc(-c7ccccc7)c56)c4)cccc3cc21. The van der Waals surface area contributed by atoms with E-state index in [1.54, 1.807) is 0 Å². The highest BCUT2D eigenvalue weighted by molar-refractivity contribution is 6.08. The van der Waals surface area contributed by atoms with E-state index in [2.05, 4.69) is 231 Å². The minimum absolute atomic E-state index is 0.0708. The molecule has 0 spiro atoms. The van der Waals surface area contributed by atoms with Gasteiger partial charge < -0.3 is 4.90 Å². The number of fused-ring (bicyclic) bond motifs is 6. The van der Waals surface area contributed by atoms with Crippen LogP contribution in [0.5, 0.6) is 0 Å². The predicted molar refractivity (Wildman–Crippen MR) is 248 cm³/mol. The monoisotopic (exact) mass is 739 g/mol. The Kier molecular flexibility index (Phi) is 7.91. The van der Waals surface area contributed by atoms with Crippen LogP contribution in [0.3, 0.4) is 0 Å². The molecular formula is C57H41N. The summed E-state index contributed by atoms with van der Waals surface area (Å²) in [5.41, 5.74) is 16.0. The summed E-state index contributed by atoms with van der Waals surface area (Å²) >= 11 is 0. The molecule has 1 nitrogen and oxygen atoms in total. The molecule has 0 amide bonds. The van der Waals surface area contributed by atoms with E-state index in [1.165, 1.54) is 88.0 Å². The minimum atomic E-state index is -0.0708. The second-order valence-corrected chi connectivity index (χ2v) is 16.1. The van der Waals surface area contributed by atoms with Crippen LogP contribution in [0.2, 0.25) is 0 Å². The van der Waals surface area contributed by atoms with Crippen LogP contribution in [0, 0.1) is 0 Å². The lowest BCUT2D eigenvalue weighted by molar-refractivity contribution is 0.661. The third-order valence-corrected chi connectivity index (χ3v) is 12.4. The van der Waals surface area contributed by atoms with Crippen molar-refractivity contribution in [2.75, 3.05) is 4.90 Å².